The second-order valence-corrected chi connectivity index (χ2v) is 8.26. The van der Waals surface area contributed by atoms with Crippen LogP contribution in [0.3, 0.4) is 0 Å². The van der Waals surface area contributed by atoms with Crippen LogP contribution in [0.1, 0.15) is 88.0 Å². The summed E-state index contributed by atoms with van der Waals surface area (Å²) >= 11 is 6.13. The largest absolute Gasteiger partial charge is 0.392 e. The van der Waals surface area contributed by atoms with Crippen LogP contribution < -0.4 is 0 Å². The van der Waals surface area contributed by atoms with Gasteiger partial charge in [0.2, 0.25) is 0 Å². The first kappa shape index (κ1) is 21.0. The number of aliphatic hydroxyl groups is 1. The van der Waals surface area contributed by atoms with Crippen molar-refractivity contribution in [1.29, 1.82) is 0 Å². The van der Waals surface area contributed by atoms with Crippen LogP contribution in [0.2, 0.25) is 5.02 Å². The quantitative estimate of drug-likeness (QED) is 0.476. The molecule has 142 valence electrons. The van der Waals surface area contributed by atoms with Crippen LogP contribution in [0.15, 0.2) is 30.3 Å². The number of rotatable bonds is 8. The second-order valence-electron chi connectivity index (χ2n) is 7.82. The highest BCUT2D eigenvalue weighted by Gasteiger charge is 2.21. The van der Waals surface area contributed by atoms with Crippen LogP contribution >= 0.6 is 11.6 Å². The number of benzene rings is 2. The average molecular weight is 373 g/mol. The summed E-state index contributed by atoms with van der Waals surface area (Å²) in [6.07, 6.45) is 4.69. The molecule has 0 fully saturated rings. The van der Waals surface area contributed by atoms with Gasteiger partial charge in [-0.2, -0.15) is 0 Å². The van der Waals surface area contributed by atoms with Gasteiger partial charge in [-0.25, -0.2) is 0 Å². The first-order valence-corrected chi connectivity index (χ1v) is 10.3. The minimum Gasteiger partial charge on any atom is -0.392 e. The van der Waals surface area contributed by atoms with Gasteiger partial charge in [-0.1, -0.05) is 77.3 Å². The predicted molar refractivity (Wildman–Crippen MR) is 114 cm³/mol. The molecule has 1 nitrogen and oxygen atoms in total. The van der Waals surface area contributed by atoms with Gasteiger partial charge in [0.25, 0.3) is 0 Å². The zero-order valence-electron chi connectivity index (χ0n) is 16.9. The Kier molecular flexibility index (Phi) is 7.73. The Morgan fingerprint density at radius 3 is 1.96 bits per heavy atom. The first-order chi connectivity index (χ1) is 12.4. The topological polar surface area (TPSA) is 20.2 Å². The molecule has 0 bridgehead atoms. The number of halogens is 1. The Hall–Kier alpha value is -1.31. The molecule has 0 heterocycles. The molecular formula is C24H33ClO. The molecule has 0 atom stereocenters. The molecule has 0 aliphatic heterocycles. The van der Waals surface area contributed by atoms with Crippen LogP contribution in [0.4, 0.5) is 0 Å². The van der Waals surface area contributed by atoms with Gasteiger partial charge in [-0.3, -0.25) is 0 Å². The van der Waals surface area contributed by atoms with Crippen LogP contribution in [-0.2, 0) is 13.0 Å². The number of hydrogen-bond acceptors (Lipinski definition) is 1. The van der Waals surface area contributed by atoms with Gasteiger partial charge >= 0.3 is 0 Å². The van der Waals surface area contributed by atoms with E-state index in [0.717, 1.165) is 22.6 Å². The molecule has 0 spiro atoms. The number of hydrogen-bond donors (Lipinski definition) is 1. The normalized spacial score (nSPS) is 11.6. The summed E-state index contributed by atoms with van der Waals surface area (Å²) in [5.41, 5.74) is 7.57. The fraction of sp³-hybridized carbons (Fsp3) is 0.500. The third kappa shape index (κ3) is 4.69. The molecule has 0 aromatic heterocycles. The van der Waals surface area contributed by atoms with Crippen molar-refractivity contribution in [1.82, 2.24) is 0 Å². The third-order valence-corrected chi connectivity index (χ3v) is 5.43. The van der Waals surface area contributed by atoms with E-state index in [-0.39, 0.29) is 6.61 Å². The summed E-state index contributed by atoms with van der Waals surface area (Å²) < 4.78 is 0. The maximum absolute atomic E-state index is 10.3. The number of aliphatic hydroxyl groups excluding tert-OH is 1. The third-order valence-electron chi connectivity index (χ3n) is 5.18. The summed E-state index contributed by atoms with van der Waals surface area (Å²) in [5, 5.41) is 11.0. The van der Waals surface area contributed by atoms with Gasteiger partial charge in [0, 0.05) is 5.02 Å². The number of unbranched alkanes of at least 4 members (excludes halogenated alkanes) is 2. The van der Waals surface area contributed by atoms with Crippen molar-refractivity contribution in [2.45, 2.75) is 78.7 Å². The van der Waals surface area contributed by atoms with Crippen molar-refractivity contribution in [3.8, 4) is 11.1 Å². The van der Waals surface area contributed by atoms with E-state index in [2.05, 4.69) is 52.8 Å². The minimum absolute atomic E-state index is 0.0740. The smallest absolute Gasteiger partial charge is 0.0690 e. The monoisotopic (exact) mass is 372 g/mol. The zero-order valence-corrected chi connectivity index (χ0v) is 17.7. The van der Waals surface area contributed by atoms with E-state index in [1.807, 2.05) is 12.1 Å². The molecule has 0 aliphatic carbocycles. The maximum atomic E-state index is 10.3. The maximum Gasteiger partial charge on any atom is 0.0690 e. The summed E-state index contributed by atoms with van der Waals surface area (Å²) in [6, 6.07) is 10.4. The standard InChI is InChI=1S/C24H33ClO/c1-6-7-8-9-20-21(16(2)3)14-22(17(4)5)23(15-26)24(20)18-10-12-19(25)13-11-18/h10-14,16-17,26H,6-9,15H2,1-5H3. The van der Waals surface area contributed by atoms with E-state index in [9.17, 15) is 5.11 Å². The lowest BCUT2D eigenvalue weighted by molar-refractivity contribution is 0.280. The van der Waals surface area contributed by atoms with Crippen molar-refractivity contribution in [2.75, 3.05) is 0 Å². The average Bonchev–Trinajstić information content (AvgIpc) is 2.61. The summed E-state index contributed by atoms with van der Waals surface area (Å²) in [7, 11) is 0. The molecule has 0 saturated carbocycles. The lowest BCUT2D eigenvalue weighted by Gasteiger charge is -2.25. The molecule has 2 aromatic rings. The Balaban J connectivity index is 2.77. The molecule has 2 aromatic carbocycles. The molecule has 1 N–H and O–H groups in total. The summed E-state index contributed by atoms with van der Waals surface area (Å²) in [4.78, 5) is 0. The van der Waals surface area contributed by atoms with E-state index in [0.29, 0.717) is 11.8 Å². The lowest BCUT2D eigenvalue weighted by Crippen LogP contribution is -2.09. The van der Waals surface area contributed by atoms with Crippen LogP contribution in [0, 0.1) is 0 Å². The zero-order chi connectivity index (χ0) is 19.3. The van der Waals surface area contributed by atoms with Crippen LogP contribution in [-0.4, -0.2) is 5.11 Å². The molecule has 0 saturated heterocycles. The second kappa shape index (κ2) is 9.58. The molecule has 26 heavy (non-hydrogen) atoms. The van der Waals surface area contributed by atoms with Crippen LogP contribution in [0.25, 0.3) is 11.1 Å². The minimum atomic E-state index is 0.0740. The van der Waals surface area contributed by atoms with Gasteiger partial charge in [0.1, 0.15) is 0 Å². The molecule has 2 rings (SSSR count). The SMILES string of the molecule is CCCCCc1c(C(C)C)cc(C(C)C)c(CO)c1-c1ccc(Cl)cc1. The first-order valence-electron chi connectivity index (χ1n) is 9.95. The van der Waals surface area contributed by atoms with Crippen molar-refractivity contribution in [2.24, 2.45) is 0 Å². The Morgan fingerprint density at radius 1 is 0.885 bits per heavy atom. The Bertz CT molecular complexity index is 714. The summed E-state index contributed by atoms with van der Waals surface area (Å²) in [5.74, 6) is 0.841. The highest BCUT2D eigenvalue weighted by Crippen LogP contribution is 2.39. The lowest BCUT2D eigenvalue weighted by atomic mass is 9.80. The van der Waals surface area contributed by atoms with E-state index >= 15 is 0 Å². The fourth-order valence-corrected chi connectivity index (χ4v) is 3.93. The van der Waals surface area contributed by atoms with Crippen molar-refractivity contribution in [3.05, 3.63) is 57.6 Å². The molecule has 0 amide bonds. The van der Waals surface area contributed by atoms with Crippen LogP contribution in [0.5, 0.6) is 0 Å². The highest BCUT2D eigenvalue weighted by molar-refractivity contribution is 6.30. The molecular weight excluding hydrogens is 340 g/mol. The van der Waals surface area contributed by atoms with E-state index in [1.54, 1.807) is 0 Å². The van der Waals surface area contributed by atoms with Crippen molar-refractivity contribution in [3.63, 3.8) is 0 Å². The van der Waals surface area contributed by atoms with Gasteiger partial charge in [-0.05, 0) is 70.2 Å². The van der Waals surface area contributed by atoms with Gasteiger partial charge in [-0.15, -0.1) is 0 Å². The Labute approximate surface area is 164 Å². The highest BCUT2D eigenvalue weighted by atomic mass is 35.5. The van der Waals surface area contributed by atoms with Gasteiger partial charge in [0.15, 0.2) is 0 Å². The van der Waals surface area contributed by atoms with E-state index in [4.69, 9.17) is 11.6 Å². The van der Waals surface area contributed by atoms with Gasteiger partial charge < -0.3 is 5.11 Å². The van der Waals surface area contributed by atoms with Crippen molar-refractivity contribution < 1.29 is 5.11 Å². The molecule has 0 aliphatic rings. The Morgan fingerprint density at radius 2 is 1.46 bits per heavy atom. The van der Waals surface area contributed by atoms with E-state index < -0.39 is 0 Å². The fourth-order valence-electron chi connectivity index (χ4n) is 3.80. The molecule has 0 radical (unpaired) electrons. The van der Waals surface area contributed by atoms with E-state index in [1.165, 1.54) is 41.5 Å². The van der Waals surface area contributed by atoms with Gasteiger partial charge in [0.05, 0.1) is 6.61 Å². The molecule has 2 heteroatoms. The predicted octanol–water partition coefficient (Wildman–Crippen LogP) is 7.48. The van der Waals surface area contributed by atoms with Crippen molar-refractivity contribution >= 4 is 11.6 Å². The molecule has 0 unspecified atom stereocenters. The summed E-state index contributed by atoms with van der Waals surface area (Å²) in [6.45, 7) is 11.3.